The number of aryl methyl sites for hydroxylation is 1. The van der Waals surface area contributed by atoms with Crippen molar-refractivity contribution in [1.29, 1.82) is 0 Å². The van der Waals surface area contributed by atoms with Gasteiger partial charge in [-0.15, -0.1) is 0 Å². The first-order valence-corrected chi connectivity index (χ1v) is 6.48. The highest BCUT2D eigenvalue weighted by molar-refractivity contribution is 5.52. The van der Waals surface area contributed by atoms with Crippen LogP contribution in [-0.2, 0) is 7.05 Å². The summed E-state index contributed by atoms with van der Waals surface area (Å²) in [5.41, 5.74) is 0.808. The van der Waals surface area contributed by atoms with Crippen molar-refractivity contribution in [2.75, 3.05) is 17.2 Å². The van der Waals surface area contributed by atoms with E-state index in [0.717, 1.165) is 12.2 Å². The molecule has 0 unspecified atom stereocenters. The molecule has 3 heterocycles. The highest BCUT2D eigenvalue weighted by Gasteiger charge is 2.08. The van der Waals surface area contributed by atoms with Crippen LogP contribution < -0.4 is 10.6 Å². The van der Waals surface area contributed by atoms with Crippen LogP contribution in [0.5, 0.6) is 0 Å². The zero-order valence-electron chi connectivity index (χ0n) is 11.7. The summed E-state index contributed by atoms with van der Waals surface area (Å²) in [6.45, 7) is 2.70. The van der Waals surface area contributed by atoms with E-state index in [9.17, 15) is 0 Å². The largest absolute Gasteiger partial charge is 0.354 e. The van der Waals surface area contributed by atoms with Crippen molar-refractivity contribution < 1.29 is 0 Å². The van der Waals surface area contributed by atoms with Gasteiger partial charge in [0.2, 0.25) is 17.8 Å². The van der Waals surface area contributed by atoms with Gasteiger partial charge in [-0.1, -0.05) is 0 Å². The van der Waals surface area contributed by atoms with E-state index < -0.39 is 0 Å². The molecule has 108 valence electrons. The number of nitrogens with one attached hydrogen (secondary N) is 2. The van der Waals surface area contributed by atoms with Crippen LogP contribution in [0, 0.1) is 0 Å². The molecule has 9 heteroatoms. The van der Waals surface area contributed by atoms with Crippen LogP contribution in [-0.4, -0.2) is 40.8 Å². The second-order valence-corrected chi connectivity index (χ2v) is 4.31. The van der Waals surface area contributed by atoms with E-state index in [2.05, 4.69) is 35.7 Å². The van der Waals surface area contributed by atoms with Crippen molar-refractivity contribution in [3.05, 3.63) is 31.1 Å². The monoisotopic (exact) mass is 285 g/mol. The minimum atomic E-state index is 0.442. The topological polar surface area (TPSA) is 98.4 Å². The van der Waals surface area contributed by atoms with Gasteiger partial charge in [0.25, 0.3) is 0 Å². The van der Waals surface area contributed by atoms with E-state index in [4.69, 9.17) is 0 Å². The highest BCUT2D eigenvalue weighted by atomic mass is 15.3. The third-order valence-corrected chi connectivity index (χ3v) is 2.65. The van der Waals surface area contributed by atoms with E-state index in [1.54, 1.807) is 34.2 Å². The molecular formula is C12H15N9. The fourth-order valence-electron chi connectivity index (χ4n) is 1.77. The molecule has 0 fully saturated rings. The Bertz CT molecular complexity index is 716. The molecule has 0 atom stereocenters. The standard InChI is InChI=1S/C12H15N9/c1-3-14-10-17-11(16-9-6-15-20(2)7-9)19-12(18-10)21-5-4-13-8-21/h4-8H,3H2,1-2H3,(H2,14,16,17,18,19). The lowest BCUT2D eigenvalue weighted by Gasteiger charge is -2.08. The summed E-state index contributed by atoms with van der Waals surface area (Å²) < 4.78 is 3.42. The molecule has 0 spiro atoms. The van der Waals surface area contributed by atoms with Gasteiger partial charge in [-0.05, 0) is 6.92 Å². The molecule has 3 rings (SSSR count). The van der Waals surface area contributed by atoms with Gasteiger partial charge in [0.15, 0.2) is 0 Å². The fourth-order valence-corrected chi connectivity index (χ4v) is 1.77. The number of hydrogen-bond acceptors (Lipinski definition) is 7. The van der Waals surface area contributed by atoms with E-state index in [1.807, 2.05) is 20.2 Å². The zero-order valence-corrected chi connectivity index (χ0v) is 11.7. The first kappa shape index (κ1) is 13.0. The smallest absolute Gasteiger partial charge is 0.241 e. The van der Waals surface area contributed by atoms with Crippen molar-refractivity contribution in [3.63, 3.8) is 0 Å². The van der Waals surface area contributed by atoms with Gasteiger partial charge in [0, 0.05) is 32.2 Å². The summed E-state index contributed by atoms with van der Waals surface area (Å²) in [6, 6.07) is 0. The van der Waals surface area contributed by atoms with Gasteiger partial charge in [0.1, 0.15) is 6.33 Å². The Morgan fingerprint density at radius 2 is 2.05 bits per heavy atom. The molecule has 3 aromatic heterocycles. The fraction of sp³-hybridized carbons (Fsp3) is 0.250. The Morgan fingerprint density at radius 1 is 1.19 bits per heavy atom. The van der Waals surface area contributed by atoms with Crippen molar-refractivity contribution in [2.45, 2.75) is 6.92 Å². The molecule has 2 N–H and O–H groups in total. The lowest BCUT2D eigenvalue weighted by Crippen LogP contribution is -2.10. The van der Waals surface area contributed by atoms with E-state index >= 15 is 0 Å². The van der Waals surface area contributed by atoms with Crippen molar-refractivity contribution in [2.24, 2.45) is 7.05 Å². The van der Waals surface area contributed by atoms with Crippen LogP contribution in [0.4, 0.5) is 17.6 Å². The molecule has 3 aromatic rings. The van der Waals surface area contributed by atoms with Crippen LogP contribution in [0.15, 0.2) is 31.1 Å². The lowest BCUT2D eigenvalue weighted by atomic mass is 10.6. The SMILES string of the molecule is CCNc1nc(Nc2cnn(C)c2)nc(-n2ccnc2)n1. The Morgan fingerprint density at radius 3 is 2.71 bits per heavy atom. The van der Waals surface area contributed by atoms with Crippen LogP contribution in [0.3, 0.4) is 0 Å². The summed E-state index contributed by atoms with van der Waals surface area (Å²) in [5.74, 6) is 1.44. The van der Waals surface area contributed by atoms with Crippen molar-refractivity contribution in [3.8, 4) is 5.95 Å². The number of nitrogens with zero attached hydrogens (tertiary/aromatic N) is 7. The van der Waals surface area contributed by atoms with Gasteiger partial charge < -0.3 is 10.6 Å². The van der Waals surface area contributed by atoms with Crippen LogP contribution in [0.25, 0.3) is 5.95 Å². The Kier molecular flexibility index (Phi) is 3.46. The number of imidazole rings is 1. The minimum Gasteiger partial charge on any atom is -0.354 e. The summed E-state index contributed by atoms with van der Waals surface area (Å²) in [5, 5.41) is 10.3. The molecule has 21 heavy (non-hydrogen) atoms. The van der Waals surface area contributed by atoms with E-state index in [1.165, 1.54) is 0 Å². The molecule has 0 aliphatic heterocycles. The lowest BCUT2D eigenvalue weighted by molar-refractivity contribution is 0.768. The van der Waals surface area contributed by atoms with Gasteiger partial charge in [-0.25, -0.2) is 4.98 Å². The normalized spacial score (nSPS) is 10.6. The Labute approximate surface area is 121 Å². The van der Waals surface area contributed by atoms with E-state index in [0.29, 0.717) is 17.8 Å². The predicted molar refractivity (Wildman–Crippen MR) is 77.6 cm³/mol. The highest BCUT2D eigenvalue weighted by Crippen LogP contribution is 2.14. The summed E-state index contributed by atoms with van der Waals surface area (Å²) in [6.07, 6.45) is 8.63. The number of hydrogen-bond donors (Lipinski definition) is 2. The molecule has 0 aliphatic carbocycles. The summed E-state index contributed by atoms with van der Waals surface area (Å²) in [7, 11) is 1.85. The minimum absolute atomic E-state index is 0.442. The second kappa shape index (κ2) is 5.57. The summed E-state index contributed by atoms with van der Waals surface area (Å²) >= 11 is 0. The molecule has 9 nitrogen and oxygen atoms in total. The Hall–Kier alpha value is -2.97. The van der Waals surface area contributed by atoms with Crippen LogP contribution >= 0.6 is 0 Å². The quantitative estimate of drug-likeness (QED) is 0.720. The maximum atomic E-state index is 4.38. The van der Waals surface area contributed by atoms with Gasteiger partial charge in [0.05, 0.1) is 11.9 Å². The Balaban J connectivity index is 1.95. The average Bonchev–Trinajstić information content (AvgIpc) is 3.11. The van der Waals surface area contributed by atoms with Gasteiger partial charge >= 0.3 is 0 Å². The number of rotatable bonds is 5. The van der Waals surface area contributed by atoms with Crippen molar-refractivity contribution in [1.82, 2.24) is 34.3 Å². The maximum absolute atomic E-state index is 4.38. The first-order valence-electron chi connectivity index (χ1n) is 6.48. The van der Waals surface area contributed by atoms with Gasteiger partial charge in [-0.3, -0.25) is 9.25 Å². The third kappa shape index (κ3) is 2.96. The molecule has 0 aliphatic rings. The molecular weight excluding hydrogens is 270 g/mol. The number of anilines is 3. The van der Waals surface area contributed by atoms with Crippen molar-refractivity contribution >= 4 is 17.6 Å². The zero-order chi connectivity index (χ0) is 14.7. The molecule has 0 amide bonds. The molecule has 0 saturated heterocycles. The molecule has 0 radical (unpaired) electrons. The molecule has 0 saturated carbocycles. The second-order valence-electron chi connectivity index (χ2n) is 4.31. The van der Waals surface area contributed by atoms with Crippen LogP contribution in [0.2, 0.25) is 0 Å². The molecule has 0 aromatic carbocycles. The van der Waals surface area contributed by atoms with Gasteiger partial charge in [-0.2, -0.15) is 20.1 Å². The van der Waals surface area contributed by atoms with Crippen LogP contribution in [0.1, 0.15) is 6.92 Å². The first-order chi connectivity index (χ1) is 10.2. The summed E-state index contributed by atoms with van der Waals surface area (Å²) in [4.78, 5) is 17.0. The van der Waals surface area contributed by atoms with E-state index in [-0.39, 0.29) is 0 Å². The average molecular weight is 285 g/mol. The third-order valence-electron chi connectivity index (χ3n) is 2.65. The maximum Gasteiger partial charge on any atom is 0.241 e. The number of aromatic nitrogens is 7. The predicted octanol–water partition coefficient (Wildman–Crippen LogP) is 0.966. The molecule has 0 bridgehead atoms.